The molecule has 2 heteroatoms. The summed E-state index contributed by atoms with van der Waals surface area (Å²) in [5.74, 6) is 0. The van der Waals surface area contributed by atoms with E-state index < -0.39 is 0 Å². The number of H-pyrrole nitrogens is 1. The van der Waals surface area contributed by atoms with Crippen LogP contribution in [0, 0.1) is 0 Å². The molecule has 0 aliphatic carbocycles. The molecule has 70 valence electrons. The second kappa shape index (κ2) is 4.65. The van der Waals surface area contributed by atoms with E-state index in [1.807, 2.05) is 32.3 Å². The summed E-state index contributed by atoms with van der Waals surface area (Å²) in [7, 11) is 0. The van der Waals surface area contributed by atoms with Crippen LogP contribution in [0.25, 0.3) is 10.9 Å². The van der Waals surface area contributed by atoms with Crippen molar-refractivity contribution in [2.24, 2.45) is 0 Å². The first-order valence-electron chi connectivity index (χ1n) is 4.82. The van der Waals surface area contributed by atoms with Gasteiger partial charge < -0.3 is 4.98 Å². The van der Waals surface area contributed by atoms with Crippen LogP contribution in [0.5, 0.6) is 0 Å². The fourth-order valence-electron chi connectivity index (χ4n) is 1.22. The molecule has 0 radical (unpaired) electrons. The van der Waals surface area contributed by atoms with Crippen molar-refractivity contribution in [2.45, 2.75) is 27.2 Å². The van der Waals surface area contributed by atoms with E-state index in [0.717, 1.165) is 11.9 Å². The Kier molecular flexibility index (Phi) is 3.50. The third-order valence-corrected chi connectivity index (χ3v) is 1.86. The first-order valence-corrected chi connectivity index (χ1v) is 4.82. The van der Waals surface area contributed by atoms with Gasteiger partial charge in [-0.2, -0.15) is 0 Å². The first kappa shape index (κ1) is 9.78. The zero-order chi connectivity index (χ0) is 9.68. The maximum absolute atomic E-state index is 4.03. The van der Waals surface area contributed by atoms with Crippen molar-refractivity contribution in [1.82, 2.24) is 9.97 Å². The normalized spacial score (nSPS) is 9.46. The summed E-state index contributed by atoms with van der Waals surface area (Å²) in [6.07, 6.45) is 4.72. The van der Waals surface area contributed by atoms with Crippen LogP contribution in [0.15, 0.2) is 24.5 Å². The lowest BCUT2D eigenvalue weighted by Gasteiger charge is -1.84. The minimum absolute atomic E-state index is 1.05. The first-order chi connectivity index (χ1) is 6.40. The number of aryl methyl sites for hydroxylation is 1. The summed E-state index contributed by atoms with van der Waals surface area (Å²) >= 11 is 0. The van der Waals surface area contributed by atoms with Crippen molar-refractivity contribution in [3.8, 4) is 0 Å². The molecule has 0 aromatic carbocycles. The zero-order valence-corrected chi connectivity index (χ0v) is 8.46. The Hall–Kier alpha value is -1.31. The summed E-state index contributed by atoms with van der Waals surface area (Å²) in [5.41, 5.74) is 2.40. The molecule has 0 aliphatic rings. The van der Waals surface area contributed by atoms with Crippen LogP contribution in [-0.4, -0.2) is 9.97 Å². The van der Waals surface area contributed by atoms with Crippen LogP contribution in [0.1, 0.15) is 26.5 Å². The second-order valence-electron chi connectivity index (χ2n) is 2.61. The second-order valence-corrected chi connectivity index (χ2v) is 2.61. The van der Waals surface area contributed by atoms with Gasteiger partial charge >= 0.3 is 0 Å². The van der Waals surface area contributed by atoms with Crippen molar-refractivity contribution in [3.63, 3.8) is 0 Å². The predicted octanol–water partition coefficient (Wildman–Crippen LogP) is 3.15. The quantitative estimate of drug-likeness (QED) is 0.710. The molecule has 2 heterocycles. The highest BCUT2D eigenvalue weighted by atomic mass is 14.7. The molecule has 2 nitrogen and oxygen atoms in total. The van der Waals surface area contributed by atoms with E-state index in [2.05, 4.69) is 23.0 Å². The van der Waals surface area contributed by atoms with E-state index in [-0.39, 0.29) is 0 Å². The molecule has 2 aromatic heterocycles. The fraction of sp³-hybridized carbons (Fsp3) is 0.364. The largest absolute Gasteiger partial charge is 0.357 e. The summed E-state index contributed by atoms with van der Waals surface area (Å²) in [4.78, 5) is 7.31. The Morgan fingerprint density at radius 2 is 2.15 bits per heavy atom. The van der Waals surface area contributed by atoms with E-state index in [0.29, 0.717) is 0 Å². The highest BCUT2D eigenvalue weighted by molar-refractivity contribution is 5.79. The Morgan fingerprint density at radius 3 is 2.77 bits per heavy atom. The molecule has 0 saturated carbocycles. The maximum atomic E-state index is 4.03. The average Bonchev–Trinajstić information content (AvgIpc) is 2.63. The topological polar surface area (TPSA) is 28.7 Å². The van der Waals surface area contributed by atoms with Gasteiger partial charge in [-0.25, -0.2) is 0 Å². The van der Waals surface area contributed by atoms with Crippen molar-refractivity contribution in [3.05, 3.63) is 30.2 Å². The molecule has 0 bridgehead atoms. The Bertz CT molecular complexity index is 330. The number of fused-ring (bicyclic) bond motifs is 1. The highest BCUT2D eigenvalue weighted by Gasteiger charge is 1.96. The van der Waals surface area contributed by atoms with Gasteiger partial charge in [-0.05, 0) is 18.6 Å². The van der Waals surface area contributed by atoms with Gasteiger partial charge in [-0.3, -0.25) is 4.98 Å². The lowest BCUT2D eigenvalue weighted by atomic mass is 10.3. The number of pyridine rings is 1. The van der Waals surface area contributed by atoms with E-state index in [9.17, 15) is 0 Å². The van der Waals surface area contributed by atoms with Crippen LogP contribution in [-0.2, 0) is 6.42 Å². The van der Waals surface area contributed by atoms with Gasteiger partial charge in [-0.1, -0.05) is 20.8 Å². The van der Waals surface area contributed by atoms with Crippen LogP contribution in [0.2, 0.25) is 0 Å². The summed E-state index contributed by atoms with van der Waals surface area (Å²) in [5, 5.41) is 1.25. The summed E-state index contributed by atoms with van der Waals surface area (Å²) < 4.78 is 0. The van der Waals surface area contributed by atoms with E-state index in [4.69, 9.17) is 0 Å². The Labute approximate surface area is 79.0 Å². The number of aromatic nitrogens is 2. The van der Waals surface area contributed by atoms with E-state index in [1.54, 1.807) is 0 Å². The molecule has 0 aliphatic heterocycles. The fourth-order valence-corrected chi connectivity index (χ4v) is 1.22. The molecule has 0 unspecified atom stereocenters. The van der Waals surface area contributed by atoms with Gasteiger partial charge in [0.25, 0.3) is 0 Å². The lowest BCUT2D eigenvalue weighted by Crippen LogP contribution is -1.75. The molecule has 0 fully saturated rings. The van der Waals surface area contributed by atoms with Crippen LogP contribution < -0.4 is 0 Å². The molecule has 0 atom stereocenters. The van der Waals surface area contributed by atoms with Crippen molar-refractivity contribution >= 4 is 10.9 Å². The van der Waals surface area contributed by atoms with Crippen LogP contribution in [0.4, 0.5) is 0 Å². The number of rotatable bonds is 1. The van der Waals surface area contributed by atoms with Gasteiger partial charge in [0, 0.05) is 17.3 Å². The van der Waals surface area contributed by atoms with Crippen molar-refractivity contribution in [2.75, 3.05) is 0 Å². The maximum Gasteiger partial charge on any atom is 0.0642 e. The monoisotopic (exact) mass is 176 g/mol. The summed E-state index contributed by atoms with van der Waals surface area (Å²) in [6.45, 7) is 6.14. The zero-order valence-electron chi connectivity index (χ0n) is 8.46. The van der Waals surface area contributed by atoms with Crippen molar-refractivity contribution < 1.29 is 0 Å². The van der Waals surface area contributed by atoms with Crippen LogP contribution in [0.3, 0.4) is 0 Å². The SMILES string of the molecule is CC.CCc1cc2ccncc2[nH]1. The molecule has 0 spiro atoms. The number of nitrogens with zero attached hydrogens (tertiary/aromatic N) is 1. The molecule has 1 N–H and O–H groups in total. The van der Waals surface area contributed by atoms with Gasteiger partial charge in [0.05, 0.1) is 11.7 Å². The number of aromatic amines is 1. The number of nitrogens with one attached hydrogen (secondary N) is 1. The minimum Gasteiger partial charge on any atom is -0.357 e. The smallest absolute Gasteiger partial charge is 0.0642 e. The Balaban J connectivity index is 0.000000396. The van der Waals surface area contributed by atoms with Crippen molar-refractivity contribution in [1.29, 1.82) is 0 Å². The van der Waals surface area contributed by atoms with Crippen LogP contribution >= 0.6 is 0 Å². The Morgan fingerprint density at radius 1 is 1.38 bits per heavy atom. The molecule has 2 rings (SSSR count). The van der Waals surface area contributed by atoms with Gasteiger partial charge in [0.1, 0.15) is 0 Å². The van der Waals surface area contributed by atoms with Gasteiger partial charge in [0.15, 0.2) is 0 Å². The highest BCUT2D eigenvalue weighted by Crippen LogP contribution is 2.12. The van der Waals surface area contributed by atoms with Gasteiger partial charge in [-0.15, -0.1) is 0 Å². The van der Waals surface area contributed by atoms with E-state index in [1.165, 1.54) is 11.1 Å². The molecule has 0 amide bonds. The molecule has 13 heavy (non-hydrogen) atoms. The number of hydrogen-bond acceptors (Lipinski definition) is 1. The third-order valence-electron chi connectivity index (χ3n) is 1.86. The predicted molar refractivity (Wildman–Crippen MR) is 56.8 cm³/mol. The van der Waals surface area contributed by atoms with Gasteiger partial charge in [0.2, 0.25) is 0 Å². The third kappa shape index (κ3) is 2.08. The molecule has 0 saturated heterocycles. The lowest BCUT2D eigenvalue weighted by molar-refractivity contribution is 1.07. The summed E-state index contributed by atoms with van der Waals surface area (Å²) in [6, 6.07) is 4.18. The average molecular weight is 176 g/mol. The minimum atomic E-state index is 1.05. The number of hydrogen-bond donors (Lipinski definition) is 1. The standard InChI is InChI=1S/C9H10N2.C2H6/c1-2-8-5-7-3-4-10-6-9(7)11-8;1-2/h3-6,11H,2H2,1H3;1-2H3. The molecular weight excluding hydrogens is 160 g/mol. The van der Waals surface area contributed by atoms with E-state index >= 15 is 0 Å². The molecular formula is C11H16N2. The molecule has 2 aromatic rings.